The second-order valence-electron chi connectivity index (χ2n) is 5.49. The fourth-order valence-electron chi connectivity index (χ4n) is 2.46. The molecule has 0 atom stereocenters. The van der Waals surface area contributed by atoms with Crippen LogP contribution in [0, 0.1) is 0 Å². The number of anilines is 2. The van der Waals surface area contributed by atoms with Crippen LogP contribution in [0.25, 0.3) is 16.9 Å². The molecule has 0 saturated carbocycles. The first-order valence-corrected chi connectivity index (χ1v) is 9.51. The summed E-state index contributed by atoms with van der Waals surface area (Å²) in [6, 6.07) is 7.21. The zero-order valence-corrected chi connectivity index (χ0v) is 14.3. The van der Waals surface area contributed by atoms with E-state index in [1.807, 2.05) is 16.7 Å². The molecule has 0 saturated heterocycles. The second-order valence-corrected chi connectivity index (χ2v) is 7.24. The van der Waals surface area contributed by atoms with Gasteiger partial charge in [-0.25, -0.2) is 18.4 Å². The van der Waals surface area contributed by atoms with Crippen LogP contribution in [-0.2, 0) is 10.0 Å². The van der Waals surface area contributed by atoms with E-state index in [2.05, 4.69) is 26.9 Å². The lowest BCUT2D eigenvalue weighted by atomic mass is 10.1. The molecular formula is C16H19N5O2S. The van der Waals surface area contributed by atoms with Gasteiger partial charge in [0.25, 0.3) is 0 Å². The maximum Gasteiger partial charge on any atom is 0.229 e. The van der Waals surface area contributed by atoms with Crippen LogP contribution in [0.4, 0.5) is 11.5 Å². The van der Waals surface area contributed by atoms with Crippen LogP contribution in [-0.4, -0.2) is 35.6 Å². The topological polar surface area (TPSA) is 88.4 Å². The minimum Gasteiger partial charge on any atom is -0.367 e. The zero-order valence-electron chi connectivity index (χ0n) is 13.5. The fourth-order valence-corrected chi connectivity index (χ4v) is 3.01. The van der Waals surface area contributed by atoms with Crippen LogP contribution in [0.1, 0.15) is 13.3 Å². The van der Waals surface area contributed by atoms with E-state index in [1.54, 1.807) is 30.6 Å². The summed E-state index contributed by atoms with van der Waals surface area (Å²) in [5.41, 5.74) is 2.98. The van der Waals surface area contributed by atoms with Crippen LogP contribution >= 0.6 is 0 Å². The van der Waals surface area contributed by atoms with Gasteiger partial charge in [0.1, 0.15) is 0 Å². The van der Waals surface area contributed by atoms with E-state index >= 15 is 0 Å². The van der Waals surface area contributed by atoms with Gasteiger partial charge in [0.05, 0.1) is 18.1 Å². The van der Waals surface area contributed by atoms with Crippen LogP contribution in [0.5, 0.6) is 0 Å². The number of sulfonamides is 1. The molecule has 0 radical (unpaired) electrons. The van der Waals surface area contributed by atoms with E-state index in [4.69, 9.17) is 0 Å². The van der Waals surface area contributed by atoms with Crippen molar-refractivity contribution in [2.24, 2.45) is 0 Å². The molecule has 0 aliphatic carbocycles. The number of nitrogens with one attached hydrogen (secondary N) is 2. The van der Waals surface area contributed by atoms with Crippen molar-refractivity contribution < 1.29 is 8.42 Å². The van der Waals surface area contributed by atoms with Gasteiger partial charge in [-0.15, -0.1) is 0 Å². The molecule has 3 aromatic rings. The fraction of sp³-hybridized carbons (Fsp3) is 0.250. The molecule has 2 N–H and O–H groups in total. The van der Waals surface area contributed by atoms with Gasteiger partial charge in [0.15, 0.2) is 11.5 Å². The SMILES string of the molecule is CCCNc1nccn2c(-c3cccc(NS(C)(=O)=O)c3)cnc12. The Kier molecular flexibility index (Phi) is 4.39. The van der Waals surface area contributed by atoms with E-state index in [9.17, 15) is 8.42 Å². The third-order valence-electron chi connectivity index (χ3n) is 3.43. The molecular weight excluding hydrogens is 326 g/mol. The van der Waals surface area contributed by atoms with Crippen LogP contribution in [0.3, 0.4) is 0 Å². The highest BCUT2D eigenvalue weighted by atomic mass is 32.2. The van der Waals surface area contributed by atoms with Crippen molar-refractivity contribution >= 4 is 27.2 Å². The lowest BCUT2D eigenvalue weighted by Gasteiger charge is -2.08. The molecule has 0 bridgehead atoms. The predicted molar refractivity (Wildman–Crippen MR) is 95.7 cm³/mol. The van der Waals surface area contributed by atoms with Crippen molar-refractivity contribution in [1.82, 2.24) is 14.4 Å². The molecule has 3 rings (SSSR count). The molecule has 126 valence electrons. The Bertz CT molecular complexity index is 966. The average Bonchev–Trinajstić information content (AvgIpc) is 2.96. The summed E-state index contributed by atoms with van der Waals surface area (Å²) in [6.07, 6.45) is 7.44. The van der Waals surface area contributed by atoms with E-state index in [0.29, 0.717) is 5.69 Å². The van der Waals surface area contributed by atoms with Gasteiger partial charge in [-0.3, -0.25) is 9.12 Å². The summed E-state index contributed by atoms with van der Waals surface area (Å²) in [7, 11) is -3.31. The molecule has 8 heteroatoms. The first-order chi connectivity index (χ1) is 11.5. The van der Waals surface area contributed by atoms with E-state index in [0.717, 1.165) is 41.9 Å². The Morgan fingerprint density at radius 1 is 1.25 bits per heavy atom. The summed E-state index contributed by atoms with van der Waals surface area (Å²) in [5, 5.41) is 3.26. The van der Waals surface area contributed by atoms with Crippen molar-refractivity contribution in [3.63, 3.8) is 0 Å². The Morgan fingerprint density at radius 3 is 2.83 bits per heavy atom. The molecule has 2 heterocycles. The van der Waals surface area contributed by atoms with Gasteiger partial charge < -0.3 is 5.32 Å². The summed E-state index contributed by atoms with van der Waals surface area (Å²) in [4.78, 5) is 8.78. The standard InChI is InChI=1S/C16H19N5O2S/c1-3-7-17-15-16-19-11-14(21(16)9-8-18-15)12-5-4-6-13(10-12)20-24(2,22)23/h4-6,8-11,20H,3,7H2,1-2H3,(H,17,18). The predicted octanol–water partition coefficient (Wildman–Crippen LogP) is 2.59. The van der Waals surface area contributed by atoms with E-state index in [1.165, 1.54) is 0 Å². The van der Waals surface area contributed by atoms with Crippen molar-refractivity contribution in [3.05, 3.63) is 42.9 Å². The number of imidazole rings is 1. The maximum atomic E-state index is 11.4. The number of fused-ring (bicyclic) bond motifs is 1. The average molecular weight is 345 g/mol. The molecule has 2 aromatic heterocycles. The number of hydrogen-bond donors (Lipinski definition) is 2. The number of benzene rings is 1. The normalized spacial score (nSPS) is 11.6. The van der Waals surface area contributed by atoms with Gasteiger partial charge in [-0.1, -0.05) is 19.1 Å². The molecule has 24 heavy (non-hydrogen) atoms. The third-order valence-corrected chi connectivity index (χ3v) is 4.04. The van der Waals surface area contributed by atoms with Gasteiger partial charge in [-0.2, -0.15) is 0 Å². The molecule has 1 aromatic carbocycles. The second kappa shape index (κ2) is 6.48. The number of hydrogen-bond acceptors (Lipinski definition) is 5. The minimum absolute atomic E-state index is 0.517. The van der Waals surface area contributed by atoms with Crippen molar-refractivity contribution in [2.75, 3.05) is 22.8 Å². The third kappa shape index (κ3) is 3.48. The van der Waals surface area contributed by atoms with Gasteiger partial charge in [0, 0.05) is 30.2 Å². The Morgan fingerprint density at radius 2 is 2.08 bits per heavy atom. The summed E-state index contributed by atoms with van der Waals surface area (Å²) < 4.78 is 27.2. The molecule has 0 spiro atoms. The monoisotopic (exact) mass is 345 g/mol. The van der Waals surface area contributed by atoms with E-state index < -0.39 is 10.0 Å². The molecule has 0 aliphatic rings. The van der Waals surface area contributed by atoms with E-state index in [-0.39, 0.29) is 0 Å². The number of nitrogens with zero attached hydrogens (tertiary/aromatic N) is 3. The Hall–Kier alpha value is -2.61. The lowest BCUT2D eigenvalue weighted by Crippen LogP contribution is -2.09. The highest BCUT2D eigenvalue weighted by molar-refractivity contribution is 7.92. The van der Waals surface area contributed by atoms with Crippen molar-refractivity contribution in [2.45, 2.75) is 13.3 Å². The van der Waals surface area contributed by atoms with Gasteiger partial charge in [-0.05, 0) is 18.6 Å². The smallest absolute Gasteiger partial charge is 0.229 e. The zero-order chi connectivity index (χ0) is 17.2. The Balaban J connectivity index is 2.02. The highest BCUT2D eigenvalue weighted by Gasteiger charge is 2.11. The molecule has 7 nitrogen and oxygen atoms in total. The summed E-state index contributed by atoms with van der Waals surface area (Å²) in [6.45, 7) is 2.91. The van der Waals surface area contributed by atoms with Crippen LogP contribution in [0.15, 0.2) is 42.9 Å². The van der Waals surface area contributed by atoms with Crippen LogP contribution in [0.2, 0.25) is 0 Å². The van der Waals surface area contributed by atoms with Crippen molar-refractivity contribution in [3.8, 4) is 11.3 Å². The first kappa shape index (κ1) is 16.3. The highest BCUT2D eigenvalue weighted by Crippen LogP contribution is 2.25. The quantitative estimate of drug-likeness (QED) is 0.717. The lowest BCUT2D eigenvalue weighted by molar-refractivity contribution is 0.607. The molecule has 0 amide bonds. The van der Waals surface area contributed by atoms with Crippen molar-refractivity contribution in [1.29, 1.82) is 0 Å². The minimum atomic E-state index is -3.31. The van der Waals surface area contributed by atoms with Gasteiger partial charge in [0.2, 0.25) is 10.0 Å². The van der Waals surface area contributed by atoms with Crippen LogP contribution < -0.4 is 10.0 Å². The number of rotatable bonds is 6. The molecule has 0 aliphatic heterocycles. The number of aromatic nitrogens is 3. The molecule has 0 fully saturated rings. The Labute approximate surface area is 140 Å². The largest absolute Gasteiger partial charge is 0.367 e. The van der Waals surface area contributed by atoms with Gasteiger partial charge >= 0.3 is 0 Å². The molecule has 0 unspecified atom stereocenters. The summed E-state index contributed by atoms with van der Waals surface area (Å²) in [5.74, 6) is 0.732. The maximum absolute atomic E-state index is 11.4. The first-order valence-electron chi connectivity index (χ1n) is 7.62. The summed E-state index contributed by atoms with van der Waals surface area (Å²) >= 11 is 0.